The third-order valence-electron chi connectivity index (χ3n) is 25.9. The summed E-state index contributed by atoms with van der Waals surface area (Å²) in [6.45, 7) is 8.90. The third-order valence-corrected chi connectivity index (χ3v) is 26.2. The second kappa shape index (κ2) is 40.9. The second-order valence-corrected chi connectivity index (χ2v) is 36.5. The summed E-state index contributed by atoms with van der Waals surface area (Å²) in [7, 11) is 2.90. The molecule has 2 saturated heterocycles. The first-order valence-electron chi connectivity index (χ1n) is 44.1. The van der Waals surface area contributed by atoms with Gasteiger partial charge in [-0.25, -0.2) is 4.79 Å². The van der Waals surface area contributed by atoms with E-state index in [0.29, 0.717) is 37.0 Å². The van der Waals surface area contributed by atoms with Gasteiger partial charge in [0, 0.05) is 54.8 Å². The van der Waals surface area contributed by atoms with Gasteiger partial charge in [0.25, 0.3) is 0 Å². The Bertz CT molecular complexity index is 5330. The SMILES string of the molecule is CN[C@H](CC(C)C)C(=O)N[C@H]1C(=O)N[C@@H](CC(=O)NC(=O)Nc2ccc(OC)cc2)C(=O)N[C@H]2C(=O)N[C@H]3C(=O)N[C@H](C(=O)N[C@H](C(=O)NC4C5CC6CC(C5)CC4C6)c4cc(O)c(CNCCCCNC(C)=O)c(O)c4-c4cc3ccc4O)[C@H](O)c3ccc(c(Cl)c3)Oc3cc2cc(c3O[C@@H]2O[C@H](CO)[C@@H](O)[C@H](O)[C@H]2O[C@H]2C[C@](C)(N)[C@H](O)[C@H](C)O2)Oc2ccc(cc2C)[C@H]1O. The molecule has 6 aromatic carbocycles. The van der Waals surface area contributed by atoms with Gasteiger partial charge >= 0.3 is 6.03 Å². The highest BCUT2D eigenvalue weighted by Crippen LogP contribution is 2.55. The maximum Gasteiger partial charge on any atom is 0.325 e. The lowest BCUT2D eigenvalue weighted by atomic mass is 9.54. The molecule has 17 rings (SSSR count). The molecule has 40 heteroatoms. The number of carbonyl (C=O) groups excluding carboxylic acids is 10. The minimum Gasteiger partial charge on any atom is -0.507 e. The number of halogens is 1. The first kappa shape index (κ1) is 96.5. The van der Waals surface area contributed by atoms with Crippen molar-refractivity contribution in [2.75, 3.05) is 39.2 Å². The number of nitrogens with one attached hydrogen (secondary N) is 12. The van der Waals surface area contributed by atoms with E-state index < -0.39 is 232 Å². The number of fused-ring (bicyclic) bond motifs is 15. The van der Waals surface area contributed by atoms with E-state index in [-0.39, 0.29) is 106 Å². The lowest BCUT2D eigenvalue weighted by Crippen LogP contribution is -2.64. The molecule has 0 unspecified atom stereocenters. The molecule has 7 aliphatic heterocycles. The number of likely N-dealkylation sites (N-methyl/N-ethyl adjacent to an activating group) is 1. The fraction of sp³-hybridized carbons (Fsp3) is 0.500. The number of phenols is 3. The molecular weight excluding hydrogens is 1740 g/mol. The highest BCUT2D eigenvalue weighted by atomic mass is 35.5. The molecule has 4 aliphatic carbocycles. The number of hydrogen-bond donors (Lipinski definition) is 22. The summed E-state index contributed by atoms with van der Waals surface area (Å²) in [5.41, 5.74) is 3.09. The van der Waals surface area contributed by atoms with Crippen molar-refractivity contribution >= 4 is 76.5 Å². The van der Waals surface area contributed by atoms with E-state index in [9.17, 15) is 65.1 Å². The molecule has 23 N–H and O–H groups in total. The molecule has 710 valence electrons. The molecule has 0 radical (unpaired) electrons. The molecule has 132 heavy (non-hydrogen) atoms. The van der Waals surface area contributed by atoms with E-state index in [1.165, 1.54) is 96.4 Å². The minimum absolute atomic E-state index is 0.0226. The normalized spacial score (nSPS) is 29.3. The van der Waals surface area contributed by atoms with Gasteiger partial charge in [-0.1, -0.05) is 43.6 Å². The highest BCUT2D eigenvalue weighted by molar-refractivity contribution is 6.32. The number of amides is 11. The summed E-state index contributed by atoms with van der Waals surface area (Å²) < 4.78 is 44.7. The fourth-order valence-electron chi connectivity index (χ4n) is 19.2. The number of aryl methyl sites for hydroxylation is 1. The number of carbonyl (C=O) groups is 10. The number of unbranched alkanes of at least 4 members (excludes halogenated alkanes) is 1. The number of aliphatic hydroxyl groups is 6. The second-order valence-electron chi connectivity index (χ2n) is 36.1. The largest absolute Gasteiger partial charge is 0.507 e. The number of anilines is 1. The van der Waals surface area contributed by atoms with Gasteiger partial charge in [0.15, 0.2) is 23.9 Å². The van der Waals surface area contributed by atoms with Gasteiger partial charge < -0.3 is 143 Å². The third kappa shape index (κ3) is 21.4. The van der Waals surface area contributed by atoms with Crippen molar-refractivity contribution in [2.24, 2.45) is 35.3 Å². The Morgan fingerprint density at radius 3 is 1.98 bits per heavy atom. The summed E-state index contributed by atoms with van der Waals surface area (Å²) >= 11 is 7.35. The summed E-state index contributed by atoms with van der Waals surface area (Å²) in [5.74, 6) is -13.3. The van der Waals surface area contributed by atoms with Crippen molar-refractivity contribution in [1.82, 2.24) is 58.5 Å². The Labute approximate surface area is 764 Å². The molecule has 11 aliphatic rings. The maximum absolute atomic E-state index is 16.9. The van der Waals surface area contributed by atoms with Crippen LogP contribution in [0.25, 0.3) is 11.1 Å². The van der Waals surface area contributed by atoms with E-state index in [0.717, 1.165) is 74.6 Å². The quantitative estimate of drug-likeness (QED) is 0.0408. The standard InChI is InChI=1S/C92H114ClN13O26/c1-39(2)23-57(95-7)83(118)105-73-75(112)46-12-19-61(40(3)24-46)128-63-32-50-33-64(80(63)132-90-81(79(116)78(115)65(38-107)130-90)131-67-36-92(6,94)82(117)41(4)127-67)129-62-20-13-47(31-56(62)93)76(113)74-89(124)104-72(87(122)101-69-48-26-43-25-44(28-48)29-49(69)27-43)54-34-60(110)55(37-96-21-9-10-22-97-42(5)108)77(114)68(54)53-30-45(11-18-59(53)109)70(85(120)106-74)103-86(121)71(50)102-84(119)58(99-88(73)123)35-66(111)100-91(125)98-51-14-16-52(126-8)17-15-51/h11-20,24,30-34,39,41,43-44,48-49,57-58,65,67,69-76,78-79,81-82,90,95-96,107,109-110,112-117H,9-10,21-23,25-29,35-38,94H2,1-8H3,(H,97,108)(H,99,123)(H,101,122)(H,102,119)(H,103,121)(H,104,124)(H,105,118)(H,106,120)(H2,98,100,111,125)/t41-,43?,44?,48?,49?,57+,58-,65+,67-,69?,70+,71+,72-,73+,74-,75+,76+,78+,79-,81+,82+,90-,92-/m0/s1. The molecule has 18 atom stereocenters. The summed E-state index contributed by atoms with van der Waals surface area (Å²) in [5, 5.41) is 141. The average molecular weight is 1850 g/mol. The van der Waals surface area contributed by atoms with Gasteiger partial charge in [-0.3, -0.25) is 48.5 Å². The van der Waals surface area contributed by atoms with Crippen LogP contribution in [0.4, 0.5) is 10.5 Å². The molecule has 0 aromatic heterocycles. The Kier molecular flexibility index (Phi) is 29.9. The number of aromatic hydroxyl groups is 3. The molecule has 15 bridgehead atoms. The fourth-order valence-corrected chi connectivity index (χ4v) is 19.4. The Balaban J connectivity index is 0.972. The monoisotopic (exact) mass is 1850 g/mol. The number of phenolic OH excluding ortho intramolecular Hbond substituents is 3. The van der Waals surface area contributed by atoms with Crippen molar-refractivity contribution in [3.8, 4) is 62.9 Å². The number of urea groups is 1. The van der Waals surface area contributed by atoms with E-state index in [1.807, 2.05) is 13.8 Å². The topological polar surface area (TPSA) is 588 Å². The van der Waals surface area contributed by atoms with Crippen LogP contribution in [0, 0.1) is 36.5 Å². The molecule has 11 amide bonds. The van der Waals surface area contributed by atoms with Gasteiger partial charge in [-0.2, -0.15) is 0 Å². The van der Waals surface area contributed by atoms with Crippen LogP contribution in [-0.4, -0.2) is 224 Å². The number of aliphatic hydroxyl groups excluding tert-OH is 6. The summed E-state index contributed by atoms with van der Waals surface area (Å²) in [4.78, 5) is 152. The zero-order valence-corrected chi connectivity index (χ0v) is 74.6. The van der Waals surface area contributed by atoms with Crippen LogP contribution in [0.1, 0.15) is 168 Å². The number of hydrogen-bond acceptors (Lipinski definition) is 29. The van der Waals surface area contributed by atoms with Crippen LogP contribution >= 0.6 is 11.6 Å². The predicted molar refractivity (Wildman–Crippen MR) is 471 cm³/mol. The molecule has 39 nitrogen and oxygen atoms in total. The molecule has 0 spiro atoms. The van der Waals surface area contributed by atoms with E-state index in [4.69, 9.17) is 50.5 Å². The lowest BCUT2D eigenvalue weighted by Gasteiger charge is -2.54. The van der Waals surface area contributed by atoms with Crippen LogP contribution in [0.15, 0.2) is 97.1 Å². The smallest absolute Gasteiger partial charge is 0.325 e. The first-order valence-corrected chi connectivity index (χ1v) is 44.5. The van der Waals surface area contributed by atoms with Crippen molar-refractivity contribution < 1.29 is 127 Å². The van der Waals surface area contributed by atoms with Gasteiger partial charge in [0.1, 0.15) is 101 Å². The molecule has 6 aromatic rings. The summed E-state index contributed by atoms with van der Waals surface area (Å²) in [6.07, 6.45) is -13.6. The lowest BCUT2D eigenvalue weighted by molar-refractivity contribution is -0.333. The van der Waals surface area contributed by atoms with Gasteiger partial charge in [-0.05, 0) is 228 Å². The molecular formula is C92H114ClN13O26. The first-order chi connectivity index (χ1) is 62.8. The number of rotatable bonds is 23. The van der Waals surface area contributed by atoms with Crippen molar-refractivity contribution in [1.29, 1.82) is 0 Å². The van der Waals surface area contributed by atoms with Crippen molar-refractivity contribution in [3.05, 3.63) is 141 Å². The van der Waals surface area contributed by atoms with Crippen LogP contribution in [0.5, 0.6) is 51.7 Å². The van der Waals surface area contributed by atoms with Crippen LogP contribution < -0.4 is 88.5 Å². The van der Waals surface area contributed by atoms with Crippen LogP contribution in [0.3, 0.4) is 0 Å². The number of benzene rings is 6. The molecule has 7 heterocycles. The number of imide groups is 1. The number of ether oxygens (including phenoxy) is 7. The number of nitrogens with two attached hydrogens (primary N) is 1. The maximum atomic E-state index is 16.9. The Morgan fingerprint density at radius 1 is 0.689 bits per heavy atom. The van der Waals surface area contributed by atoms with Crippen LogP contribution in [-0.2, 0) is 63.9 Å². The van der Waals surface area contributed by atoms with Gasteiger partial charge in [0.2, 0.25) is 65.2 Å². The molecule has 4 saturated carbocycles. The Morgan fingerprint density at radius 2 is 1.33 bits per heavy atom. The van der Waals surface area contributed by atoms with E-state index in [2.05, 4.69) is 63.8 Å². The Hall–Kier alpha value is -11.6. The molecule has 6 fully saturated rings. The zero-order valence-electron chi connectivity index (χ0n) is 73.8. The average Bonchev–Trinajstić information content (AvgIpc) is 0.748. The van der Waals surface area contributed by atoms with Gasteiger partial charge in [0.05, 0.1) is 49.0 Å². The van der Waals surface area contributed by atoms with E-state index >= 15 is 28.8 Å². The van der Waals surface area contributed by atoms with Crippen molar-refractivity contribution in [3.63, 3.8) is 0 Å². The van der Waals surface area contributed by atoms with E-state index in [1.54, 1.807) is 0 Å². The predicted octanol–water partition coefficient (Wildman–Crippen LogP) is 3.50. The van der Waals surface area contributed by atoms with Crippen molar-refractivity contribution in [2.45, 2.75) is 228 Å². The number of methoxy groups -OCH3 is 1. The highest BCUT2D eigenvalue weighted by Gasteiger charge is 2.54. The minimum atomic E-state index is -2.42. The summed E-state index contributed by atoms with van der Waals surface area (Å²) in [6, 6.07) is 4.19. The van der Waals surface area contributed by atoms with Gasteiger partial charge in [-0.15, -0.1) is 0 Å². The van der Waals surface area contributed by atoms with Crippen LogP contribution in [0.2, 0.25) is 5.02 Å². The zero-order chi connectivity index (χ0) is 94.7.